The molecule has 56 valence electrons. The van der Waals surface area contributed by atoms with E-state index in [0.717, 1.165) is 24.9 Å². The van der Waals surface area contributed by atoms with Gasteiger partial charge in [-0.05, 0) is 24.9 Å². The lowest BCUT2D eigenvalue weighted by atomic mass is 10.2. The van der Waals surface area contributed by atoms with E-state index in [1.54, 1.807) is 0 Å². The van der Waals surface area contributed by atoms with Gasteiger partial charge in [0.1, 0.15) is 0 Å². The van der Waals surface area contributed by atoms with E-state index in [1.807, 2.05) is 0 Å². The molecule has 1 N–H and O–H groups in total. The lowest BCUT2D eigenvalue weighted by Crippen LogP contribution is -1.98. The topological polar surface area (TPSA) is 20.2 Å². The molecule has 0 aromatic rings. The van der Waals surface area contributed by atoms with E-state index in [4.69, 9.17) is 4.55 Å². The average Bonchev–Trinajstić information content (AvgIpc) is 1.91. The molecule has 1 atom stereocenters. The standard InChI is InChI=1S/C7H16OS/c1-3-5-6-7(4-2)9-8/h7-8H,3-6H2,1-2H3. The second kappa shape index (κ2) is 6.43. The van der Waals surface area contributed by atoms with Gasteiger partial charge >= 0.3 is 0 Å². The molecule has 1 nitrogen and oxygen atoms in total. The highest BCUT2D eigenvalue weighted by atomic mass is 32.2. The Morgan fingerprint density at radius 3 is 2.44 bits per heavy atom. The van der Waals surface area contributed by atoms with Crippen LogP contribution < -0.4 is 0 Å². The maximum Gasteiger partial charge on any atom is 0.0306 e. The molecule has 0 radical (unpaired) electrons. The highest BCUT2D eigenvalue weighted by Crippen LogP contribution is 2.16. The van der Waals surface area contributed by atoms with Crippen molar-refractivity contribution in [2.24, 2.45) is 0 Å². The molecule has 9 heavy (non-hydrogen) atoms. The summed E-state index contributed by atoms with van der Waals surface area (Å²) in [6.07, 6.45) is 4.72. The van der Waals surface area contributed by atoms with E-state index in [2.05, 4.69) is 13.8 Å². The van der Waals surface area contributed by atoms with Gasteiger partial charge in [0, 0.05) is 5.25 Å². The molecule has 0 rings (SSSR count). The van der Waals surface area contributed by atoms with Crippen molar-refractivity contribution in [3.05, 3.63) is 0 Å². The fraction of sp³-hybridized carbons (Fsp3) is 1.00. The van der Waals surface area contributed by atoms with Gasteiger partial charge in [-0.2, -0.15) is 0 Å². The van der Waals surface area contributed by atoms with Crippen molar-refractivity contribution >= 4 is 12.0 Å². The molecule has 0 aliphatic rings. The predicted octanol–water partition coefficient (Wildman–Crippen LogP) is 3.16. The molecule has 0 aromatic heterocycles. The Labute approximate surface area is 62.1 Å². The number of rotatable bonds is 5. The van der Waals surface area contributed by atoms with Crippen LogP contribution in [0.4, 0.5) is 0 Å². The minimum Gasteiger partial charge on any atom is -0.330 e. The maximum atomic E-state index is 8.67. The van der Waals surface area contributed by atoms with Gasteiger partial charge in [0.05, 0.1) is 0 Å². The average molecular weight is 148 g/mol. The third-order valence-electron chi connectivity index (χ3n) is 1.48. The number of unbranched alkanes of at least 4 members (excludes halogenated alkanes) is 1. The molecule has 0 saturated carbocycles. The lowest BCUT2D eigenvalue weighted by Gasteiger charge is -2.07. The Bertz CT molecular complexity index is 52.9. The van der Waals surface area contributed by atoms with Crippen molar-refractivity contribution in [1.82, 2.24) is 0 Å². The molecule has 0 aliphatic carbocycles. The molecule has 0 aromatic carbocycles. The molecule has 0 spiro atoms. The van der Waals surface area contributed by atoms with Crippen LogP contribution in [-0.4, -0.2) is 9.80 Å². The summed E-state index contributed by atoms with van der Waals surface area (Å²) in [5.74, 6) is 0. The summed E-state index contributed by atoms with van der Waals surface area (Å²) in [5.41, 5.74) is 0. The summed E-state index contributed by atoms with van der Waals surface area (Å²) in [4.78, 5) is 0. The Balaban J connectivity index is 3.09. The Hall–Kier alpha value is 0.310. The minimum atomic E-state index is 0.477. The van der Waals surface area contributed by atoms with Crippen LogP contribution in [0.3, 0.4) is 0 Å². The first-order valence-corrected chi connectivity index (χ1v) is 4.49. The highest BCUT2D eigenvalue weighted by molar-refractivity contribution is 7.94. The van der Waals surface area contributed by atoms with Crippen molar-refractivity contribution in [3.8, 4) is 0 Å². The van der Waals surface area contributed by atoms with E-state index in [-0.39, 0.29) is 0 Å². The van der Waals surface area contributed by atoms with Gasteiger partial charge in [-0.15, -0.1) is 0 Å². The molecule has 0 fully saturated rings. The molecule has 2 heteroatoms. The van der Waals surface area contributed by atoms with Crippen molar-refractivity contribution in [3.63, 3.8) is 0 Å². The van der Waals surface area contributed by atoms with E-state index >= 15 is 0 Å². The van der Waals surface area contributed by atoms with Crippen LogP contribution in [0.2, 0.25) is 0 Å². The van der Waals surface area contributed by atoms with Gasteiger partial charge in [-0.1, -0.05) is 26.7 Å². The monoisotopic (exact) mass is 148 g/mol. The summed E-state index contributed by atoms with van der Waals surface area (Å²) in [7, 11) is 0. The van der Waals surface area contributed by atoms with Gasteiger partial charge in [0.2, 0.25) is 0 Å². The van der Waals surface area contributed by atoms with Crippen LogP contribution in [0.5, 0.6) is 0 Å². The summed E-state index contributed by atoms with van der Waals surface area (Å²) >= 11 is 1.01. The molecule has 0 heterocycles. The van der Waals surface area contributed by atoms with Crippen LogP contribution in [0.15, 0.2) is 0 Å². The first-order valence-electron chi connectivity index (χ1n) is 3.65. The Kier molecular flexibility index (Phi) is 6.65. The molecule has 0 bridgehead atoms. The van der Waals surface area contributed by atoms with Gasteiger partial charge in [-0.3, -0.25) is 0 Å². The van der Waals surface area contributed by atoms with Crippen LogP contribution in [0.1, 0.15) is 39.5 Å². The smallest absolute Gasteiger partial charge is 0.0306 e. The minimum absolute atomic E-state index is 0.477. The largest absolute Gasteiger partial charge is 0.330 e. The van der Waals surface area contributed by atoms with Crippen molar-refractivity contribution < 1.29 is 4.55 Å². The first kappa shape index (κ1) is 9.31. The maximum absolute atomic E-state index is 8.67. The fourth-order valence-corrected chi connectivity index (χ4v) is 1.18. The zero-order chi connectivity index (χ0) is 7.11. The number of hydrogen-bond donors (Lipinski definition) is 1. The third-order valence-corrected chi connectivity index (χ3v) is 2.35. The Morgan fingerprint density at radius 2 is 2.11 bits per heavy atom. The second-order valence-electron chi connectivity index (χ2n) is 2.28. The third kappa shape index (κ3) is 4.79. The van der Waals surface area contributed by atoms with Gasteiger partial charge < -0.3 is 4.55 Å². The Morgan fingerprint density at radius 1 is 1.44 bits per heavy atom. The zero-order valence-corrected chi connectivity index (χ0v) is 7.08. The van der Waals surface area contributed by atoms with Crippen LogP contribution in [-0.2, 0) is 0 Å². The van der Waals surface area contributed by atoms with E-state index in [1.165, 1.54) is 12.8 Å². The molecule has 0 amide bonds. The molecule has 0 saturated heterocycles. The van der Waals surface area contributed by atoms with Crippen LogP contribution >= 0.6 is 12.0 Å². The fourth-order valence-electron chi connectivity index (χ4n) is 0.763. The summed E-state index contributed by atoms with van der Waals surface area (Å²) in [6.45, 7) is 4.29. The molecule has 0 aliphatic heterocycles. The highest BCUT2D eigenvalue weighted by Gasteiger charge is 2.02. The first-order chi connectivity index (χ1) is 4.35. The van der Waals surface area contributed by atoms with Crippen molar-refractivity contribution in [1.29, 1.82) is 0 Å². The van der Waals surface area contributed by atoms with E-state index in [0.29, 0.717) is 5.25 Å². The zero-order valence-electron chi connectivity index (χ0n) is 6.26. The normalized spacial score (nSPS) is 13.7. The van der Waals surface area contributed by atoms with Crippen molar-refractivity contribution in [2.75, 3.05) is 0 Å². The predicted molar refractivity (Wildman–Crippen MR) is 43.8 cm³/mol. The van der Waals surface area contributed by atoms with Gasteiger partial charge in [0.25, 0.3) is 0 Å². The van der Waals surface area contributed by atoms with Gasteiger partial charge in [0.15, 0.2) is 0 Å². The summed E-state index contributed by atoms with van der Waals surface area (Å²) in [5, 5.41) is 0.477. The lowest BCUT2D eigenvalue weighted by molar-refractivity contribution is 0.609. The summed E-state index contributed by atoms with van der Waals surface area (Å²) < 4.78 is 8.67. The molecular weight excluding hydrogens is 132 g/mol. The second-order valence-corrected chi connectivity index (χ2v) is 3.16. The summed E-state index contributed by atoms with van der Waals surface area (Å²) in [6, 6.07) is 0. The quantitative estimate of drug-likeness (QED) is 0.604. The van der Waals surface area contributed by atoms with Crippen LogP contribution in [0.25, 0.3) is 0 Å². The number of hydrogen-bond acceptors (Lipinski definition) is 2. The SMILES string of the molecule is CCCCC(CC)SO. The van der Waals surface area contributed by atoms with Crippen molar-refractivity contribution in [2.45, 2.75) is 44.8 Å². The van der Waals surface area contributed by atoms with E-state index < -0.39 is 0 Å². The van der Waals surface area contributed by atoms with E-state index in [9.17, 15) is 0 Å². The van der Waals surface area contributed by atoms with Crippen LogP contribution in [0, 0.1) is 0 Å². The molecular formula is C7H16OS. The molecule has 1 unspecified atom stereocenters. The van der Waals surface area contributed by atoms with Gasteiger partial charge in [-0.25, -0.2) is 0 Å².